The van der Waals surface area contributed by atoms with E-state index in [1.54, 1.807) is 31.2 Å². The van der Waals surface area contributed by atoms with Crippen molar-refractivity contribution in [1.29, 1.82) is 0 Å². The van der Waals surface area contributed by atoms with Gasteiger partial charge in [0.1, 0.15) is 0 Å². The Morgan fingerprint density at radius 3 is 2.24 bits per heavy atom. The first-order valence-corrected chi connectivity index (χ1v) is 9.30. The Morgan fingerprint density at radius 2 is 1.62 bits per heavy atom. The fraction of sp³-hybridized carbons (Fsp3) is 0.211. The van der Waals surface area contributed by atoms with Gasteiger partial charge in [-0.1, -0.05) is 0 Å². The number of carbonyl (C=O) groups excluding carboxylic acids is 3. The number of hydrogen-bond donors (Lipinski definition) is 3. The molecule has 0 heterocycles. The highest BCUT2D eigenvalue weighted by Gasteiger charge is 2.18. The second-order valence-electron chi connectivity index (χ2n) is 5.95. The van der Waals surface area contributed by atoms with Crippen LogP contribution in [0.1, 0.15) is 13.8 Å². The molecule has 0 saturated carbocycles. The molecule has 0 fully saturated rings. The molecule has 29 heavy (non-hydrogen) atoms. The standard InChI is InChI=1S/C19H18F3N3O3S/c1-10(29-13-5-3-12(4-6-13)24-11(2)26)19(28)23-9-16(27)25-15-8-7-14(20)17(21)18(15)22/h3-8,10H,9H2,1-2H3,(H,23,28)(H,24,26)(H,25,27). The molecule has 0 saturated heterocycles. The number of thioether (sulfide) groups is 1. The van der Waals surface area contributed by atoms with E-state index in [0.29, 0.717) is 11.8 Å². The molecule has 3 N–H and O–H groups in total. The van der Waals surface area contributed by atoms with Crippen molar-refractivity contribution in [2.75, 3.05) is 17.2 Å². The van der Waals surface area contributed by atoms with Crippen LogP contribution in [0.4, 0.5) is 24.5 Å². The lowest BCUT2D eigenvalue weighted by Gasteiger charge is -2.13. The van der Waals surface area contributed by atoms with Gasteiger partial charge in [-0.25, -0.2) is 13.2 Å². The number of nitrogens with one attached hydrogen (secondary N) is 3. The minimum absolute atomic E-state index is 0.195. The van der Waals surface area contributed by atoms with Crippen molar-refractivity contribution in [2.45, 2.75) is 24.0 Å². The number of carbonyl (C=O) groups is 3. The molecule has 0 aliphatic heterocycles. The third-order valence-electron chi connectivity index (χ3n) is 3.59. The molecule has 0 spiro atoms. The number of halogens is 3. The van der Waals surface area contributed by atoms with Crippen molar-refractivity contribution in [3.05, 3.63) is 53.8 Å². The summed E-state index contributed by atoms with van der Waals surface area (Å²) in [4.78, 5) is 35.7. The average Bonchev–Trinajstić information content (AvgIpc) is 2.67. The van der Waals surface area contributed by atoms with Crippen molar-refractivity contribution in [2.24, 2.45) is 0 Å². The molecule has 1 atom stereocenters. The maximum atomic E-state index is 13.5. The van der Waals surface area contributed by atoms with Gasteiger partial charge in [-0.05, 0) is 43.3 Å². The molecule has 0 radical (unpaired) electrons. The van der Waals surface area contributed by atoms with Crippen LogP contribution < -0.4 is 16.0 Å². The molecular formula is C19H18F3N3O3S. The predicted molar refractivity (Wildman–Crippen MR) is 104 cm³/mol. The van der Waals surface area contributed by atoms with Crippen LogP contribution in [0.15, 0.2) is 41.3 Å². The summed E-state index contributed by atoms with van der Waals surface area (Å²) in [6, 6.07) is 8.42. The van der Waals surface area contributed by atoms with Crippen molar-refractivity contribution >= 4 is 40.9 Å². The highest BCUT2D eigenvalue weighted by Crippen LogP contribution is 2.25. The maximum Gasteiger partial charge on any atom is 0.243 e. The monoisotopic (exact) mass is 425 g/mol. The normalized spacial score (nSPS) is 11.5. The van der Waals surface area contributed by atoms with E-state index in [1.165, 1.54) is 18.7 Å². The fourth-order valence-corrected chi connectivity index (χ4v) is 3.10. The van der Waals surface area contributed by atoms with Gasteiger partial charge in [0.25, 0.3) is 0 Å². The molecule has 1 unspecified atom stereocenters. The summed E-state index contributed by atoms with van der Waals surface area (Å²) in [5.41, 5.74) is 0.102. The second kappa shape index (κ2) is 9.97. The van der Waals surface area contributed by atoms with Gasteiger partial charge in [0.2, 0.25) is 17.7 Å². The minimum Gasteiger partial charge on any atom is -0.346 e. The Kier molecular flexibility index (Phi) is 7.66. The topological polar surface area (TPSA) is 87.3 Å². The van der Waals surface area contributed by atoms with E-state index in [-0.39, 0.29) is 5.91 Å². The van der Waals surface area contributed by atoms with Crippen LogP contribution in [0.5, 0.6) is 0 Å². The van der Waals surface area contributed by atoms with Crippen molar-refractivity contribution in [3.63, 3.8) is 0 Å². The van der Waals surface area contributed by atoms with Gasteiger partial charge in [0, 0.05) is 17.5 Å². The van der Waals surface area contributed by atoms with Gasteiger partial charge >= 0.3 is 0 Å². The Labute approximate surface area is 169 Å². The summed E-state index contributed by atoms with van der Waals surface area (Å²) >= 11 is 1.23. The largest absolute Gasteiger partial charge is 0.346 e. The Hall–Kier alpha value is -3.01. The lowest BCUT2D eigenvalue weighted by molar-refractivity contribution is -0.123. The van der Waals surface area contributed by atoms with Gasteiger partial charge in [-0.2, -0.15) is 0 Å². The zero-order valence-corrected chi connectivity index (χ0v) is 16.3. The van der Waals surface area contributed by atoms with Crippen LogP contribution in [-0.4, -0.2) is 29.5 Å². The van der Waals surface area contributed by atoms with Crippen LogP contribution >= 0.6 is 11.8 Å². The Bertz CT molecular complexity index is 923. The molecule has 154 valence electrons. The average molecular weight is 425 g/mol. The number of anilines is 2. The molecule has 0 aromatic heterocycles. The van der Waals surface area contributed by atoms with E-state index in [0.717, 1.165) is 11.0 Å². The molecule has 0 bridgehead atoms. The zero-order valence-electron chi connectivity index (χ0n) is 15.5. The first-order valence-electron chi connectivity index (χ1n) is 8.42. The lowest BCUT2D eigenvalue weighted by Crippen LogP contribution is -2.37. The summed E-state index contributed by atoms with van der Waals surface area (Å²) < 4.78 is 39.6. The van der Waals surface area contributed by atoms with Gasteiger partial charge in [-0.3, -0.25) is 14.4 Å². The SMILES string of the molecule is CC(=O)Nc1ccc(SC(C)C(=O)NCC(=O)Nc2ccc(F)c(F)c2F)cc1. The van der Waals surface area contributed by atoms with Crippen LogP contribution in [0.2, 0.25) is 0 Å². The van der Waals surface area contributed by atoms with Crippen LogP contribution in [0.3, 0.4) is 0 Å². The summed E-state index contributed by atoms with van der Waals surface area (Å²) in [6.07, 6.45) is 0. The van der Waals surface area contributed by atoms with Crippen LogP contribution in [0.25, 0.3) is 0 Å². The Morgan fingerprint density at radius 1 is 0.966 bits per heavy atom. The first kappa shape index (κ1) is 22.3. The number of rotatable bonds is 7. The van der Waals surface area contributed by atoms with E-state index >= 15 is 0 Å². The van der Waals surface area contributed by atoms with Gasteiger partial charge in [-0.15, -0.1) is 11.8 Å². The number of hydrogen-bond acceptors (Lipinski definition) is 4. The molecule has 2 aromatic rings. The lowest BCUT2D eigenvalue weighted by atomic mass is 10.2. The molecule has 3 amide bonds. The van der Waals surface area contributed by atoms with Gasteiger partial charge in [0.05, 0.1) is 17.5 Å². The highest BCUT2D eigenvalue weighted by molar-refractivity contribution is 8.00. The summed E-state index contributed by atoms with van der Waals surface area (Å²) in [6.45, 7) is 2.56. The smallest absolute Gasteiger partial charge is 0.243 e. The highest BCUT2D eigenvalue weighted by atomic mass is 32.2. The quantitative estimate of drug-likeness (QED) is 0.469. The minimum atomic E-state index is -1.69. The van der Waals surface area contributed by atoms with E-state index in [1.807, 2.05) is 0 Å². The number of amides is 3. The summed E-state index contributed by atoms with van der Waals surface area (Å²) in [5.74, 6) is -6.01. The van der Waals surface area contributed by atoms with Crippen molar-refractivity contribution in [1.82, 2.24) is 5.32 Å². The van der Waals surface area contributed by atoms with Gasteiger partial charge < -0.3 is 16.0 Å². The molecule has 10 heteroatoms. The maximum absolute atomic E-state index is 13.5. The van der Waals surface area contributed by atoms with Crippen LogP contribution in [-0.2, 0) is 14.4 Å². The second-order valence-corrected chi connectivity index (χ2v) is 7.37. The third kappa shape index (κ3) is 6.53. The van der Waals surface area contributed by atoms with E-state index in [2.05, 4.69) is 16.0 Å². The molecule has 6 nitrogen and oxygen atoms in total. The molecular weight excluding hydrogens is 407 g/mol. The van der Waals surface area contributed by atoms with E-state index in [9.17, 15) is 27.6 Å². The van der Waals surface area contributed by atoms with Gasteiger partial charge in [0.15, 0.2) is 17.5 Å². The molecule has 0 aliphatic carbocycles. The Balaban J connectivity index is 1.84. The summed E-state index contributed by atoms with van der Waals surface area (Å²) in [7, 11) is 0. The predicted octanol–water partition coefficient (Wildman–Crippen LogP) is 3.30. The number of benzene rings is 2. The molecule has 0 aliphatic rings. The van der Waals surface area contributed by atoms with Crippen molar-refractivity contribution in [3.8, 4) is 0 Å². The molecule has 2 rings (SSSR count). The zero-order chi connectivity index (χ0) is 21.6. The van der Waals surface area contributed by atoms with E-state index in [4.69, 9.17) is 0 Å². The summed E-state index contributed by atoms with van der Waals surface area (Å²) in [5, 5.41) is 6.54. The van der Waals surface area contributed by atoms with Crippen LogP contribution in [0, 0.1) is 17.5 Å². The first-order chi connectivity index (χ1) is 13.7. The third-order valence-corrected chi connectivity index (χ3v) is 4.70. The van der Waals surface area contributed by atoms with E-state index < -0.39 is 46.7 Å². The van der Waals surface area contributed by atoms with Crippen molar-refractivity contribution < 1.29 is 27.6 Å². The molecule has 2 aromatic carbocycles. The fourth-order valence-electron chi connectivity index (χ4n) is 2.21.